The average molecular weight is 424 g/mol. The standard InChI is InChI=1S/C27H45B5/c1-23(2,28)17-11-16(12-18(13-17)24(3,4)29)22-20(26(7,8)31)14-19(25(5,6)30)15-21(22)27(9,10)32/h11-15H,28-32H2,1-10H3. The Morgan fingerprint density at radius 1 is 0.406 bits per heavy atom. The van der Waals surface area contributed by atoms with Crippen LogP contribution in [0.25, 0.3) is 11.1 Å². The molecule has 0 bridgehead atoms. The Morgan fingerprint density at radius 2 is 0.688 bits per heavy atom. The first-order chi connectivity index (χ1) is 14.0. The van der Waals surface area contributed by atoms with Crippen molar-refractivity contribution in [3.05, 3.63) is 58.1 Å². The van der Waals surface area contributed by atoms with Gasteiger partial charge < -0.3 is 0 Å². The van der Waals surface area contributed by atoms with Crippen molar-refractivity contribution in [3.63, 3.8) is 0 Å². The summed E-state index contributed by atoms with van der Waals surface area (Å²) in [4.78, 5) is 0. The lowest BCUT2D eigenvalue weighted by Crippen LogP contribution is -2.27. The van der Waals surface area contributed by atoms with Crippen molar-refractivity contribution in [2.75, 3.05) is 0 Å². The van der Waals surface area contributed by atoms with Crippen LogP contribution in [0.1, 0.15) is 97.1 Å². The Hall–Kier alpha value is -1.24. The molecule has 0 fully saturated rings. The van der Waals surface area contributed by atoms with E-state index in [2.05, 4.69) is 139 Å². The van der Waals surface area contributed by atoms with Crippen LogP contribution >= 0.6 is 0 Å². The molecular weight excluding hydrogens is 378 g/mol. The normalized spacial score (nSPS) is 13.9. The van der Waals surface area contributed by atoms with Gasteiger partial charge in [0.15, 0.2) is 0 Å². The summed E-state index contributed by atoms with van der Waals surface area (Å²) in [6.07, 6.45) is 0. The summed E-state index contributed by atoms with van der Waals surface area (Å²) in [5.41, 5.74) is 9.99. The van der Waals surface area contributed by atoms with Gasteiger partial charge >= 0.3 is 0 Å². The van der Waals surface area contributed by atoms with E-state index in [4.69, 9.17) is 0 Å². The lowest BCUT2D eigenvalue weighted by atomic mass is 9.57. The lowest BCUT2D eigenvalue weighted by Gasteiger charge is -2.35. The first kappa shape index (κ1) is 27.0. The van der Waals surface area contributed by atoms with Gasteiger partial charge in [-0.2, -0.15) is 0 Å². The number of rotatable bonds is 6. The van der Waals surface area contributed by atoms with Crippen molar-refractivity contribution in [2.45, 2.75) is 95.8 Å². The molecule has 0 saturated carbocycles. The van der Waals surface area contributed by atoms with Gasteiger partial charge in [-0.3, -0.25) is 0 Å². The quantitative estimate of drug-likeness (QED) is 0.627. The van der Waals surface area contributed by atoms with E-state index in [9.17, 15) is 0 Å². The van der Waals surface area contributed by atoms with Crippen molar-refractivity contribution in [1.82, 2.24) is 0 Å². The van der Waals surface area contributed by atoms with Crippen LogP contribution in [0.4, 0.5) is 0 Å². The fourth-order valence-corrected chi connectivity index (χ4v) is 4.21. The lowest BCUT2D eigenvalue weighted by molar-refractivity contribution is 0.710. The monoisotopic (exact) mass is 424 g/mol. The fraction of sp³-hybridized carbons (Fsp3) is 0.556. The third-order valence-electron chi connectivity index (χ3n) is 6.57. The molecule has 0 aliphatic carbocycles. The molecule has 32 heavy (non-hydrogen) atoms. The van der Waals surface area contributed by atoms with Gasteiger partial charge in [-0.1, -0.05) is 99.6 Å². The Labute approximate surface area is 204 Å². The molecular formula is C27H45B5. The second-order valence-corrected chi connectivity index (χ2v) is 15.0. The van der Waals surface area contributed by atoms with Crippen LogP contribution < -0.4 is 0 Å². The minimum atomic E-state index is 0.0518. The van der Waals surface area contributed by atoms with Gasteiger partial charge in [0.05, 0.1) is 0 Å². The van der Waals surface area contributed by atoms with Crippen LogP contribution in [0.5, 0.6) is 0 Å². The molecule has 0 aliphatic rings. The predicted molar refractivity (Wildman–Crippen MR) is 160 cm³/mol. The van der Waals surface area contributed by atoms with E-state index < -0.39 is 0 Å². The molecule has 0 atom stereocenters. The molecule has 0 amide bonds. The van der Waals surface area contributed by atoms with E-state index in [-0.39, 0.29) is 26.6 Å². The van der Waals surface area contributed by atoms with Gasteiger partial charge in [-0.15, -0.1) is 0 Å². The second kappa shape index (κ2) is 8.21. The zero-order chi connectivity index (χ0) is 25.1. The molecule has 2 rings (SSSR count). The Balaban J connectivity index is 3.12. The van der Waals surface area contributed by atoms with Crippen LogP contribution in [0, 0.1) is 0 Å². The van der Waals surface area contributed by atoms with Crippen molar-refractivity contribution in [3.8, 4) is 11.1 Å². The van der Waals surface area contributed by atoms with Gasteiger partial charge in [-0.05, 0) is 65.5 Å². The summed E-state index contributed by atoms with van der Waals surface area (Å²) in [5, 5.41) is 0.422. The highest BCUT2D eigenvalue weighted by Crippen LogP contribution is 2.43. The Morgan fingerprint density at radius 3 is 0.938 bits per heavy atom. The SMILES string of the molecule is BC(C)(C)c1cc(-c2c(C(B)(C)C)cc(C(B)(C)C)cc2C(B)(C)C)cc(C(B)(C)C)c1. The summed E-state index contributed by atoms with van der Waals surface area (Å²) >= 11 is 0. The molecule has 0 unspecified atom stereocenters. The fourth-order valence-electron chi connectivity index (χ4n) is 4.21. The third kappa shape index (κ3) is 6.01. The summed E-state index contributed by atoms with van der Waals surface area (Å²) in [7, 11) is 11.7. The van der Waals surface area contributed by atoms with Crippen LogP contribution in [0.2, 0.25) is 0 Å². The highest BCUT2D eigenvalue weighted by Gasteiger charge is 2.31. The van der Waals surface area contributed by atoms with E-state index in [1.807, 2.05) is 0 Å². The highest BCUT2D eigenvalue weighted by atomic mass is 14.3. The first-order valence-electron chi connectivity index (χ1n) is 12.4. The van der Waals surface area contributed by atoms with Crippen molar-refractivity contribution < 1.29 is 0 Å². The molecule has 0 aromatic heterocycles. The molecule has 0 aliphatic heterocycles. The third-order valence-corrected chi connectivity index (χ3v) is 6.57. The van der Waals surface area contributed by atoms with E-state index in [1.165, 1.54) is 38.9 Å². The zero-order valence-electron chi connectivity index (χ0n) is 23.9. The van der Waals surface area contributed by atoms with Crippen LogP contribution in [-0.2, 0) is 26.6 Å². The minimum Gasteiger partial charge on any atom is -0.0632 e. The molecule has 168 valence electrons. The maximum absolute atomic E-state index is 2.49. The maximum atomic E-state index is 2.49. The number of hydrogen-bond acceptors (Lipinski definition) is 0. The van der Waals surface area contributed by atoms with Gasteiger partial charge in [0, 0.05) is 0 Å². The van der Waals surface area contributed by atoms with E-state index in [0.717, 1.165) is 0 Å². The van der Waals surface area contributed by atoms with Crippen molar-refractivity contribution >= 4 is 39.2 Å². The first-order valence-corrected chi connectivity index (χ1v) is 12.4. The van der Waals surface area contributed by atoms with Crippen LogP contribution in [0.15, 0.2) is 30.3 Å². The Kier molecular flexibility index (Phi) is 6.93. The molecule has 0 saturated heterocycles. The van der Waals surface area contributed by atoms with Crippen LogP contribution in [0.3, 0.4) is 0 Å². The van der Waals surface area contributed by atoms with E-state index in [1.54, 1.807) is 0 Å². The number of hydrogen-bond donors (Lipinski definition) is 0. The summed E-state index contributed by atoms with van der Waals surface area (Å²) in [5.74, 6) is 0. The Bertz CT molecular complexity index is 918. The molecule has 0 radical (unpaired) electrons. The summed E-state index contributed by atoms with van der Waals surface area (Å²) in [6, 6.07) is 12.3. The average Bonchev–Trinajstić information content (AvgIpc) is 2.56. The number of benzene rings is 2. The van der Waals surface area contributed by atoms with Crippen molar-refractivity contribution in [1.29, 1.82) is 0 Å². The van der Waals surface area contributed by atoms with Gasteiger partial charge in [0.25, 0.3) is 0 Å². The molecule has 0 N–H and O–H groups in total. The molecule has 0 spiro atoms. The summed E-state index contributed by atoms with van der Waals surface area (Å²) in [6.45, 7) is 23.4. The molecule has 5 heteroatoms. The van der Waals surface area contributed by atoms with Gasteiger partial charge in [0.2, 0.25) is 0 Å². The summed E-state index contributed by atoms with van der Waals surface area (Å²) < 4.78 is 0. The van der Waals surface area contributed by atoms with Crippen molar-refractivity contribution in [2.24, 2.45) is 0 Å². The minimum absolute atomic E-state index is 0.0518. The predicted octanol–water partition coefficient (Wildman–Crippen LogP) is 2.69. The van der Waals surface area contributed by atoms with E-state index in [0.29, 0.717) is 0 Å². The van der Waals surface area contributed by atoms with Gasteiger partial charge in [-0.25, -0.2) is 0 Å². The smallest absolute Gasteiger partial charge is 0.0632 e. The second-order valence-electron chi connectivity index (χ2n) is 15.0. The molecule has 0 heterocycles. The largest absolute Gasteiger partial charge is 0.114 e. The molecule has 2 aromatic rings. The molecule has 0 nitrogen and oxygen atoms in total. The maximum Gasteiger partial charge on any atom is 0.114 e. The van der Waals surface area contributed by atoms with E-state index >= 15 is 0 Å². The topological polar surface area (TPSA) is 0 Å². The molecule has 2 aromatic carbocycles. The highest BCUT2D eigenvalue weighted by molar-refractivity contribution is 6.19. The van der Waals surface area contributed by atoms with Gasteiger partial charge in [0.1, 0.15) is 39.2 Å². The zero-order valence-corrected chi connectivity index (χ0v) is 23.9. The van der Waals surface area contributed by atoms with Crippen LogP contribution in [-0.4, -0.2) is 39.2 Å².